The predicted octanol–water partition coefficient (Wildman–Crippen LogP) is 3.78. The van der Waals surface area contributed by atoms with E-state index in [9.17, 15) is 0 Å². The lowest BCUT2D eigenvalue weighted by Crippen LogP contribution is -2.57. The SMILES string of the molecule is CCCNC(Cc1ccc(C)c(C)c1)C1(OC)CCC1. The quantitative estimate of drug-likeness (QED) is 0.817. The summed E-state index contributed by atoms with van der Waals surface area (Å²) in [7, 11) is 1.88. The zero-order valence-corrected chi connectivity index (χ0v) is 13.5. The molecule has 1 saturated carbocycles. The molecule has 1 atom stereocenters. The minimum Gasteiger partial charge on any atom is -0.377 e. The second-order valence-corrected chi connectivity index (χ2v) is 6.25. The first-order chi connectivity index (χ1) is 9.61. The Balaban J connectivity index is 2.12. The second kappa shape index (κ2) is 6.73. The first-order valence-corrected chi connectivity index (χ1v) is 7.96. The van der Waals surface area contributed by atoms with Gasteiger partial charge in [-0.3, -0.25) is 0 Å². The Kier molecular flexibility index (Phi) is 5.22. The number of aryl methyl sites for hydroxylation is 2. The Bertz CT molecular complexity index is 432. The van der Waals surface area contributed by atoms with Gasteiger partial charge in [-0.25, -0.2) is 0 Å². The molecule has 1 aliphatic rings. The summed E-state index contributed by atoms with van der Waals surface area (Å²) in [6, 6.07) is 7.27. The van der Waals surface area contributed by atoms with Crippen LogP contribution in [0.1, 0.15) is 49.3 Å². The van der Waals surface area contributed by atoms with Gasteiger partial charge in [-0.2, -0.15) is 0 Å². The minimum absolute atomic E-state index is 0.0635. The third-order valence-corrected chi connectivity index (χ3v) is 4.89. The molecule has 0 heterocycles. The van der Waals surface area contributed by atoms with Crippen molar-refractivity contribution >= 4 is 0 Å². The molecule has 0 saturated heterocycles. The highest BCUT2D eigenvalue weighted by atomic mass is 16.5. The first-order valence-electron chi connectivity index (χ1n) is 7.96. The molecule has 1 aliphatic carbocycles. The minimum atomic E-state index is 0.0635. The van der Waals surface area contributed by atoms with Crippen LogP contribution in [0.4, 0.5) is 0 Å². The molecular weight excluding hydrogens is 246 g/mol. The zero-order chi connectivity index (χ0) is 14.6. The lowest BCUT2D eigenvalue weighted by Gasteiger charge is -2.47. The lowest BCUT2D eigenvalue weighted by molar-refractivity contribution is -0.0980. The molecule has 0 aliphatic heterocycles. The Morgan fingerprint density at radius 3 is 2.50 bits per heavy atom. The third kappa shape index (κ3) is 3.24. The third-order valence-electron chi connectivity index (χ3n) is 4.89. The van der Waals surface area contributed by atoms with E-state index in [0.29, 0.717) is 6.04 Å². The van der Waals surface area contributed by atoms with E-state index in [1.165, 1.54) is 42.4 Å². The Morgan fingerprint density at radius 2 is 2.00 bits per heavy atom. The van der Waals surface area contributed by atoms with Gasteiger partial charge in [-0.15, -0.1) is 0 Å². The molecule has 2 heteroatoms. The summed E-state index contributed by atoms with van der Waals surface area (Å²) in [5.41, 5.74) is 4.24. The maximum atomic E-state index is 5.90. The summed E-state index contributed by atoms with van der Waals surface area (Å²) in [6.45, 7) is 7.66. The molecule has 0 aromatic heterocycles. The van der Waals surface area contributed by atoms with Crippen molar-refractivity contribution < 1.29 is 4.74 Å². The summed E-state index contributed by atoms with van der Waals surface area (Å²) in [5.74, 6) is 0. The molecule has 1 aromatic carbocycles. The fraction of sp³-hybridized carbons (Fsp3) is 0.667. The molecule has 1 aromatic rings. The summed E-state index contributed by atoms with van der Waals surface area (Å²) < 4.78 is 5.90. The van der Waals surface area contributed by atoms with Crippen LogP contribution in [0, 0.1) is 13.8 Å². The summed E-state index contributed by atoms with van der Waals surface area (Å²) in [5, 5.41) is 3.72. The van der Waals surface area contributed by atoms with Gasteiger partial charge in [0.05, 0.1) is 5.60 Å². The van der Waals surface area contributed by atoms with Gasteiger partial charge in [-0.1, -0.05) is 25.1 Å². The Labute approximate surface area is 123 Å². The smallest absolute Gasteiger partial charge is 0.0834 e. The fourth-order valence-electron chi connectivity index (χ4n) is 3.15. The van der Waals surface area contributed by atoms with Crippen LogP contribution < -0.4 is 5.32 Å². The van der Waals surface area contributed by atoms with Crippen molar-refractivity contribution in [2.24, 2.45) is 0 Å². The molecule has 0 spiro atoms. The molecule has 0 amide bonds. The van der Waals surface area contributed by atoms with Crippen molar-refractivity contribution in [1.82, 2.24) is 5.32 Å². The molecule has 1 fully saturated rings. The van der Waals surface area contributed by atoms with Crippen LogP contribution in [0.25, 0.3) is 0 Å². The van der Waals surface area contributed by atoms with Gasteiger partial charge in [0.2, 0.25) is 0 Å². The van der Waals surface area contributed by atoms with Gasteiger partial charge >= 0.3 is 0 Å². The molecule has 112 valence electrons. The van der Waals surface area contributed by atoms with Crippen LogP contribution >= 0.6 is 0 Å². The number of ether oxygens (including phenoxy) is 1. The van der Waals surface area contributed by atoms with Crippen molar-refractivity contribution in [1.29, 1.82) is 0 Å². The lowest BCUT2D eigenvalue weighted by atomic mass is 9.72. The maximum Gasteiger partial charge on any atom is 0.0834 e. The number of rotatable bonds is 7. The van der Waals surface area contributed by atoms with Crippen molar-refractivity contribution in [2.45, 2.75) is 64.5 Å². The predicted molar refractivity (Wildman–Crippen MR) is 85.3 cm³/mol. The average molecular weight is 275 g/mol. The average Bonchev–Trinajstić information content (AvgIpc) is 2.39. The molecule has 0 radical (unpaired) electrons. The standard InChI is InChI=1S/C18H29NO/c1-5-11-19-17(18(20-4)9-6-10-18)13-16-8-7-14(2)15(3)12-16/h7-8,12,17,19H,5-6,9-11,13H2,1-4H3. The number of methoxy groups -OCH3 is 1. The highest BCUT2D eigenvalue weighted by molar-refractivity contribution is 5.30. The van der Waals surface area contributed by atoms with E-state index in [0.717, 1.165) is 13.0 Å². The highest BCUT2D eigenvalue weighted by Crippen LogP contribution is 2.39. The van der Waals surface area contributed by atoms with Gasteiger partial charge in [0.1, 0.15) is 0 Å². The van der Waals surface area contributed by atoms with E-state index in [4.69, 9.17) is 4.74 Å². The second-order valence-electron chi connectivity index (χ2n) is 6.25. The molecule has 2 rings (SSSR count). The summed E-state index contributed by atoms with van der Waals surface area (Å²) >= 11 is 0. The highest BCUT2D eigenvalue weighted by Gasteiger charge is 2.44. The number of nitrogens with one attached hydrogen (secondary N) is 1. The summed E-state index contributed by atoms with van der Waals surface area (Å²) in [6.07, 6.45) is 5.91. The van der Waals surface area contributed by atoms with Crippen molar-refractivity contribution in [3.05, 3.63) is 34.9 Å². The van der Waals surface area contributed by atoms with E-state index in [1.807, 2.05) is 7.11 Å². The van der Waals surface area contributed by atoms with Gasteiger partial charge in [0.15, 0.2) is 0 Å². The number of hydrogen-bond acceptors (Lipinski definition) is 2. The van der Waals surface area contributed by atoms with Crippen molar-refractivity contribution in [3.8, 4) is 0 Å². The van der Waals surface area contributed by atoms with Crippen LogP contribution in [0.2, 0.25) is 0 Å². The van der Waals surface area contributed by atoms with Crippen LogP contribution in [0.5, 0.6) is 0 Å². The van der Waals surface area contributed by atoms with Gasteiger partial charge < -0.3 is 10.1 Å². The van der Waals surface area contributed by atoms with Crippen LogP contribution in [-0.4, -0.2) is 25.3 Å². The molecule has 1 unspecified atom stereocenters. The van der Waals surface area contributed by atoms with Crippen LogP contribution in [-0.2, 0) is 11.2 Å². The molecular formula is C18H29NO. The zero-order valence-electron chi connectivity index (χ0n) is 13.5. The van der Waals surface area contributed by atoms with E-state index < -0.39 is 0 Å². The topological polar surface area (TPSA) is 21.3 Å². The summed E-state index contributed by atoms with van der Waals surface area (Å²) in [4.78, 5) is 0. The van der Waals surface area contributed by atoms with E-state index in [-0.39, 0.29) is 5.60 Å². The van der Waals surface area contributed by atoms with Crippen LogP contribution in [0.3, 0.4) is 0 Å². The monoisotopic (exact) mass is 275 g/mol. The molecule has 0 bridgehead atoms. The fourth-order valence-corrected chi connectivity index (χ4v) is 3.15. The normalized spacial score (nSPS) is 18.6. The van der Waals surface area contributed by atoms with Gasteiger partial charge in [0, 0.05) is 13.2 Å². The maximum absolute atomic E-state index is 5.90. The molecule has 20 heavy (non-hydrogen) atoms. The van der Waals surface area contributed by atoms with Gasteiger partial charge in [0.25, 0.3) is 0 Å². The van der Waals surface area contributed by atoms with E-state index in [1.54, 1.807) is 0 Å². The number of hydrogen-bond donors (Lipinski definition) is 1. The van der Waals surface area contributed by atoms with E-state index >= 15 is 0 Å². The van der Waals surface area contributed by atoms with Crippen molar-refractivity contribution in [2.75, 3.05) is 13.7 Å². The van der Waals surface area contributed by atoms with Gasteiger partial charge in [-0.05, 0) is 69.2 Å². The Morgan fingerprint density at radius 1 is 1.25 bits per heavy atom. The first kappa shape index (κ1) is 15.5. The molecule has 2 nitrogen and oxygen atoms in total. The van der Waals surface area contributed by atoms with E-state index in [2.05, 4.69) is 44.3 Å². The number of benzene rings is 1. The van der Waals surface area contributed by atoms with Crippen LogP contribution in [0.15, 0.2) is 18.2 Å². The molecule has 1 N–H and O–H groups in total. The van der Waals surface area contributed by atoms with Crippen molar-refractivity contribution in [3.63, 3.8) is 0 Å². The largest absolute Gasteiger partial charge is 0.377 e. The Hall–Kier alpha value is -0.860.